The normalized spacial score (nSPS) is 27.5. The van der Waals surface area contributed by atoms with Crippen molar-refractivity contribution in [3.05, 3.63) is 147 Å². The molecule has 0 saturated carbocycles. The number of hydrogen-bond donors (Lipinski definition) is 21. The molecular formula is C75H86Cl2N12O24. The van der Waals surface area contributed by atoms with Crippen molar-refractivity contribution in [2.75, 3.05) is 25.5 Å². The van der Waals surface area contributed by atoms with Gasteiger partial charge in [0.05, 0.1) is 47.9 Å². The highest BCUT2D eigenvalue weighted by Gasteiger charge is 2.52. The van der Waals surface area contributed by atoms with E-state index in [1.165, 1.54) is 33.0 Å². The lowest BCUT2D eigenvalue weighted by Gasteiger charge is -2.47. The summed E-state index contributed by atoms with van der Waals surface area (Å²) < 4.78 is 38.6. The molecule has 38 heteroatoms. The highest BCUT2D eigenvalue weighted by atomic mass is 35.5. The Morgan fingerprint density at radius 1 is 0.708 bits per heavy atom. The van der Waals surface area contributed by atoms with Crippen LogP contribution in [0.5, 0.6) is 46.0 Å². The van der Waals surface area contributed by atoms with Crippen LogP contribution in [0.1, 0.15) is 111 Å². The maximum Gasteiger partial charge on any atom is 0.248 e. The smallest absolute Gasteiger partial charge is 0.248 e. The molecule has 0 unspecified atom stereocenters. The van der Waals surface area contributed by atoms with E-state index >= 15 is 19.2 Å². The number of nitrogens with one attached hydrogen (secondary N) is 9. The first-order valence-electron chi connectivity index (χ1n) is 35.6. The number of carbonyl (C=O) groups is 9. The third-order valence-corrected chi connectivity index (χ3v) is 20.2. The molecule has 6 aromatic rings. The van der Waals surface area contributed by atoms with Gasteiger partial charge in [0.2, 0.25) is 65.2 Å². The number of anilines is 1. The van der Waals surface area contributed by atoms with E-state index in [-0.39, 0.29) is 58.5 Å². The summed E-state index contributed by atoms with van der Waals surface area (Å²) in [5, 5.41) is 127. The molecule has 6 aromatic carbocycles. The van der Waals surface area contributed by atoms with Gasteiger partial charge in [0, 0.05) is 41.4 Å². The van der Waals surface area contributed by atoms with E-state index < -0.39 is 250 Å². The lowest BCUT2D eigenvalue weighted by Crippen LogP contribution is -2.64. The molecule has 36 nitrogen and oxygen atoms in total. The fourth-order valence-electron chi connectivity index (χ4n) is 13.8. The molecule has 9 amide bonds. The molecule has 13 rings (SSSR count). The van der Waals surface area contributed by atoms with E-state index in [1.807, 2.05) is 13.8 Å². The first-order chi connectivity index (χ1) is 53.5. The molecule has 0 radical (unpaired) electrons. The number of likely N-dealkylation sites (N-methyl/N-ethyl adjacent to an activating group) is 1. The third-order valence-electron chi connectivity index (χ3n) is 19.7. The van der Waals surface area contributed by atoms with E-state index in [9.17, 15) is 69.9 Å². The Balaban J connectivity index is 1.13. The fraction of sp³-hybridized carbons (Fsp3) is 0.400. The van der Waals surface area contributed by atoms with Crippen molar-refractivity contribution in [2.24, 2.45) is 23.1 Å². The molecule has 0 aromatic heterocycles. The first kappa shape index (κ1) is 83.4. The standard InChI is InChI=1S/C75H86Cl2N12O24/c1-29(2)15-42(81-5)67(101)88-58-60(96)33-10-13-46(40(76)18-33)109-48-20-35-21-49(64(48)113-74-65(63(99)62(98)50(28-90)111-74)112-53-25-75(4,80)66(100)30(3)108-53)110-47-14-11-34(19-41(47)77)61(97)59-73(107)87-57(69(103)82-27-52(95)83-36-8-6-7-31(16-36)26-78)39-22-37(91)23-45(93)54(39)38-17-32(9-12-44(38)92)55(70(104)89-59)86-71(105)56(35)85-68(102)43(24-51(79)94)84-72(58)106/h6-14,16-23,29-30,42-43,50,53,55-63,65-66,74,81,90-93,96-100H,15,24-28,78,80H2,1-5H3,(H2,79,94)(H,82,103)(H,83,95)(H,84,106)(H,85,102)(H,86,105)(H,87,107)(H,88,101)(H,89,104)/t30-,42+,43-,50+,53-,55+,56+,57-,58+,59-,60+,61+,62+,63-,65+,66+,74-,75-/m0/s1. The molecular weight excluding hydrogens is 1520 g/mol. The molecule has 2 fully saturated rings. The number of nitrogens with two attached hydrogens (primary N) is 3. The van der Waals surface area contributed by atoms with Crippen molar-refractivity contribution < 1.29 is 118 Å². The van der Waals surface area contributed by atoms with E-state index in [4.69, 9.17) is 68.8 Å². The highest BCUT2D eigenvalue weighted by Crippen LogP contribution is 2.50. The number of hydrogen-bond acceptors (Lipinski definition) is 27. The number of phenolic OH excluding ortho intramolecular Hbond substituents is 3. The zero-order valence-corrected chi connectivity index (χ0v) is 62.6. The Kier molecular flexibility index (Phi) is 25.7. The van der Waals surface area contributed by atoms with Gasteiger partial charge in [-0.1, -0.05) is 67.4 Å². The van der Waals surface area contributed by atoms with Crippen LogP contribution in [-0.4, -0.2) is 198 Å². The van der Waals surface area contributed by atoms with Crippen molar-refractivity contribution in [2.45, 2.75) is 163 Å². The summed E-state index contributed by atoms with van der Waals surface area (Å²) in [6.45, 7) is 4.95. The molecule has 0 aliphatic carbocycles. The average Bonchev–Trinajstić information content (AvgIpc) is 0.767. The van der Waals surface area contributed by atoms with Crippen LogP contribution in [0.15, 0.2) is 103 Å². The number of ether oxygens (including phenoxy) is 6. The summed E-state index contributed by atoms with van der Waals surface area (Å²) in [6, 6.07) is 5.90. The summed E-state index contributed by atoms with van der Waals surface area (Å²) in [6.07, 6.45) is -18.8. The summed E-state index contributed by atoms with van der Waals surface area (Å²) in [5.74, 6) is -16.3. The number of primary amides is 1. The minimum atomic E-state index is -2.37. The number of aliphatic hydroxyl groups excluding tert-OH is 6. The predicted octanol–water partition coefficient (Wildman–Crippen LogP) is 0.235. The SMILES string of the molecule is CN[C@H](CC(C)C)C(=O)N[C@H]1C(=O)N[C@@H](CC(N)=O)C(=O)N[C@H]2C(=O)N[C@H]3C(=O)N[C@H](C(=O)N[C@H](C(=O)NCC(=O)Nc4cccc(CN)c4)c4cc(O)cc(O)c4-c4cc3ccc4O)[C@H](O)c3ccc(c(Cl)c3)Oc3cc2cc(c3O[C@@H]2O[C@H](CO)[C@@H](O)[C@H](O)[C@H]2O[C@H]2C[C@](C)(N)[C@H](O)[C@H](C)O2)Oc2ccc(cc2Cl)[C@H]1O. The van der Waals surface area contributed by atoms with Crippen molar-refractivity contribution in [3.8, 4) is 57.1 Å². The Hall–Kier alpha value is -10.6. The molecule has 604 valence electrons. The first-order valence-corrected chi connectivity index (χ1v) is 36.4. The van der Waals surface area contributed by atoms with Crippen LogP contribution in [0.25, 0.3) is 11.1 Å². The minimum Gasteiger partial charge on any atom is -0.508 e. The number of rotatable bonds is 17. The van der Waals surface area contributed by atoms with Crippen LogP contribution in [-0.2, 0) is 63.9 Å². The fourth-order valence-corrected chi connectivity index (χ4v) is 14.2. The molecule has 7 aliphatic heterocycles. The number of halogens is 2. The number of fused-ring (bicyclic) bond motifs is 15. The Bertz CT molecular complexity index is 4670. The van der Waals surface area contributed by atoms with Gasteiger partial charge in [0.1, 0.15) is 95.5 Å². The number of aromatic hydroxyl groups is 3. The van der Waals surface area contributed by atoms with E-state index in [1.54, 1.807) is 24.3 Å². The second-order valence-electron chi connectivity index (χ2n) is 28.5. The molecule has 7 heterocycles. The van der Waals surface area contributed by atoms with Crippen LogP contribution in [0, 0.1) is 5.92 Å². The molecule has 11 bridgehead atoms. The molecule has 18 atom stereocenters. The maximum absolute atomic E-state index is 16.2. The van der Waals surface area contributed by atoms with Gasteiger partial charge in [-0.05, 0) is 133 Å². The molecule has 2 saturated heterocycles. The Labute approximate surface area is 654 Å². The number of benzene rings is 6. The van der Waals surface area contributed by atoms with Gasteiger partial charge in [0.25, 0.3) is 0 Å². The number of amides is 9. The van der Waals surface area contributed by atoms with Crippen LogP contribution >= 0.6 is 23.2 Å². The van der Waals surface area contributed by atoms with Crippen LogP contribution in [0.4, 0.5) is 5.69 Å². The Morgan fingerprint density at radius 2 is 1.35 bits per heavy atom. The second-order valence-corrected chi connectivity index (χ2v) is 29.4. The average molecular weight is 1610 g/mol. The van der Waals surface area contributed by atoms with Gasteiger partial charge in [-0.25, -0.2) is 0 Å². The lowest BCUT2D eigenvalue weighted by molar-refractivity contribution is -0.333. The van der Waals surface area contributed by atoms with Gasteiger partial charge in [-0.2, -0.15) is 0 Å². The largest absolute Gasteiger partial charge is 0.508 e. The van der Waals surface area contributed by atoms with Crippen molar-refractivity contribution in [1.82, 2.24) is 42.5 Å². The lowest BCUT2D eigenvalue weighted by atomic mass is 9.86. The quantitative estimate of drug-likeness (QED) is 0.0581. The minimum absolute atomic E-state index is 0.109. The Morgan fingerprint density at radius 3 is 1.96 bits per heavy atom. The zero-order valence-electron chi connectivity index (χ0n) is 61.1. The monoisotopic (exact) mass is 1610 g/mol. The number of carbonyl (C=O) groups excluding carboxylic acids is 9. The highest BCUT2D eigenvalue weighted by molar-refractivity contribution is 6.32. The van der Waals surface area contributed by atoms with E-state index in [2.05, 4.69) is 47.9 Å². The van der Waals surface area contributed by atoms with Gasteiger partial charge in [-0.3, -0.25) is 43.2 Å². The number of aliphatic hydroxyl groups is 6. The number of phenols is 3. The molecule has 0 spiro atoms. The third kappa shape index (κ3) is 18.6. The summed E-state index contributed by atoms with van der Waals surface area (Å²) in [4.78, 5) is 134. The van der Waals surface area contributed by atoms with Crippen LogP contribution in [0.3, 0.4) is 0 Å². The predicted molar refractivity (Wildman–Crippen MR) is 398 cm³/mol. The van der Waals surface area contributed by atoms with E-state index in [0.717, 1.165) is 66.7 Å². The summed E-state index contributed by atoms with van der Waals surface area (Å²) in [5.41, 5.74) is 14.9. The van der Waals surface area contributed by atoms with Gasteiger partial charge < -0.3 is 139 Å². The van der Waals surface area contributed by atoms with Crippen molar-refractivity contribution >= 4 is 82.1 Å². The topological polar surface area (TPSA) is 577 Å². The summed E-state index contributed by atoms with van der Waals surface area (Å²) >= 11 is 14.3. The van der Waals surface area contributed by atoms with Gasteiger partial charge >= 0.3 is 0 Å². The van der Waals surface area contributed by atoms with Crippen LogP contribution < -0.4 is 79.3 Å². The van der Waals surface area contributed by atoms with Gasteiger partial charge in [0.15, 0.2) is 23.9 Å². The molecule has 24 N–H and O–H groups in total. The maximum atomic E-state index is 16.2. The van der Waals surface area contributed by atoms with Crippen molar-refractivity contribution in [1.29, 1.82) is 0 Å². The van der Waals surface area contributed by atoms with E-state index in [0.29, 0.717) is 5.56 Å². The van der Waals surface area contributed by atoms with Gasteiger partial charge in [-0.15, -0.1) is 0 Å². The summed E-state index contributed by atoms with van der Waals surface area (Å²) in [7, 11) is 1.47. The second kappa shape index (κ2) is 34.8. The zero-order chi connectivity index (χ0) is 81.9. The molecule has 113 heavy (non-hydrogen) atoms. The van der Waals surface area contributed by atoms with Crippen molar-refractivity contribution in [3.63, 3.8) is 0 Å². The van der Waals surface area contributed by atoms with Crippen LogP contribution in [0.2, 0.25) is 10.0 Å². The molecule has 7 aliphatic rings.